The molecule has 0 fully saturated rings. The van der Waals surface area contributed by atoms with E-state index in [1.54, 1.807) is 0 Å². The second-order valence-corrected chi connectivity index (χ2v) is 4.38. The predicted octanol–water partition coefficient (Wildman–Crippen LogP) is 2.27. The maximum Gasteiger partial charge on any atom is 0.0641 e. The molecule has 1 aromatic rings. The maximum absolute atomic E-state index is 4.59. The van der Waals surface area contributed by atoms with E-state index >= 15 is 0 Å². The molecular formula is C12H23N3. The van der Waals surface area contributed by atoms with E-state index in [1.807, 2.05) is 7.05 Å². The van der Waals surface area contributed by atoms with Crippen molar-refractivity contribution in [2.75, 3.05) is 7.05 Å². The van der Waals surface area contributed by atoms with E-state index in [4.69, 9.17) is 0 Å². The molecule has 1 aromatic heterocycles. The lowest BCUT2D eigenvalue weighted by Gasteiger charge is -2.10. The molecule has 0 aliphatic heterocycles. The highest BCUT2D eigenvalue weighted by molar-refractivity contribution is 5.24. The molecule has 3 nitrogen and oxygen atoms in total. The topological polar surface area (TPSA) is 29.9 Å². The van der Waals surface area contributed by atoms with Crippen molar-refractivity contribution in [1.29, 1.82) is 0 Å². The van der Waals surface area contributed by atoms with Crippen LogP contribution in [0.3, 0.4) is 0 Å². The Balaban J connectivity index is 2.86. The van der Waals surface area contributed by atoms with Gasteiger partial charge in [0.25, 0.3) is 0 Å². The van der Waals surface area contributed by atoms with Crippen LogP contribution in [-0.4, -0.2) is 16.8 Å². The van der Waals surface area contributed by atoms with Gasteiger partial charge in [-0.1, -0.05) is 20.3 Å². The first-order valence-electron chi connectivity index (χ1n) is 5.77. The molecule has 0 bridgehead atoms. The summed E-state index contributed by atoms with van der Waals surface area (Å²) in [7, 11) is 1.98. The molecule has 0 saturated carbocycles. The number of nitrogens with one attached hydrogen (secondary N) is 1. The van der Waals surface area contributed by atoms with Crippen LogP contribution in [0.1, 0.15) is 37.2 Å². The number of hydrogen-bond donors (Lipinski definition) is 1. The van der Waals surface area contributed by atoms with Crippen molar-refractivity contribution in [3.05, 3.63) is 17.0 Å². The summed E-state index contributed by atoms with van der Waals surface area (Å²) in [6.45, 7) is 10.7. The molecule has 1 atom stereocenters. The van der Waals surface area contributed by atoms with Crippen LogP contribution in [0.2, 0.25) is 0 Å². The molecular weight excluding hydrogens is 186 g/mol. The van der Waals surface area contributed by atoms with Crippen LogP contribution in [-0.2, 0) is 13.1 Å². The highest BCUT2D eigenvalue weighted by Crippen LogP contribution is 2.15. The third kappa shape index (κ3) is 2.81. The van der Waals surface area contributed by atoms with E-state index in [0.29, 0.717) is 5.92 Å². The van der Waals surface area contributed by atoms with Gasteiger partial charge in [0, 0.05) is 24.3 Å². The lowest BCUT2D eigenvalue weighted by molar-refractivity contribution is 0.431. The molecule has 1 heterocycles. The van der Waals surface area contributed by atoms with Crippen molar-refractivity contribution in [2.45, 2.75) is 47.2 Å². The van der Waals surface area contributed by atoms with Gasteiger partial charge < -0.3 is 5.32 Å². The van der Waals surface area contributed by atoms with Crippen molar-refractivity contribution >= 4 is 0 Å². The van der Waals surface area contributed by atoms with Crippen LogP contribution in [0.15, 0.2) is 0 Å². The fourth-order valence-electron chi connectivity index (χ4n) is 1.77. The predicted molar refractivity (Wildman–Crippen MR) is 63.9 cm³/mol. The van der Waals surface area contributed by atoms with Gasteiger partial charge in [-0.05, 0) is 26.8 Å². The van der Waals surface area contributed by atoms with Crippen molar-refractivity contribution < 1.29 is 0 Å². The third-order valence-corrected chi connectivity index (χ3v) is 3.07. The summed E-state index contributed by atoms with van der Waals surface area (Å²) in [4.78, 5) is 0. The van der Waals surface area contributed by atoms with E-state index in [9.17, 15) is 0 Å². The van der Waals surface area contributed by atoms with Gasteiger partial charge in [-0.3, -0.25) is 4.68 Å². The molecule has 1 unspecified atom stereocenters. The summed E-state index contributed by atoms with van der Waals surface area (Å²) in [6.07, 6.45) is 1.21. The summed E-state index contributed by atoms with van der Waals surface area (Å²) in [5.74, 6) is 0.699. The van der Waals surface area contributed by atoms with Gasteiger partial charge in [-0.25, -0.2) is 0 Å². The summed E-state index contributed by atoms with van der Waals surface area (Å²) >= 11 is 0. The minimum Gasteiger partial charge on any atom is -0.316 e. The standard InChI is InChI=1S/C12H23N3/c1-6-9(2)8-15-11(4)12(7-13-5)10(3)14-15/h9,13H,6-8H2,1-5H3. The zero-order valence-electron chi connectivity index (χ0n) is 10.6. The van der Waals surface area contributed by atoms with E-state index in [1.165, 1.54) is 17.7 Å². The second kappa shape index (κ2) is 5.31. The van der Waals surface area contributed by atoms with E-state index in [0.717, 1.165) is 18.8 Å². The normalized spacial score (nSPS) is 13.1. The smallest absolute Gasteiger partial charge is 0.0641 e. The highest BCUT2D eigenvalue weighted by atomic mass is 15.3. The minimum atomic E-state index is 0.699. The van der Waals surface area contributed by atoms with Crippen LogP contribution >= 0.6 is 0 Å². The molecule has 0 radical (unpaired) electrons. The van der Waals surface area contributed by atoms with Crippen LogP contribution in [0.4, 0.5) is 0 Å². The lowest BCUT2D eigenvalue weighted by Crippen LogP contribution is -2.11. The lowest BCUT2D eigenvalue weighted by atomic mass is 10.1. The monoisotopic (exact) mass is 209 g/mol. The maximum atomic E-state index is 4.59. The van der Waals surface area contributed by atoms with Gasteiger partial charge in [0.1, 0.15) is 0 Å². The van der Waals surface area contributed by atoms with Gasteiger partial charge in [-0.2, -0.15) is 5.10 Å². The van der Waals surface area contributed by atoms with E-state index in [-0.39, 0.29) is 0 Å². The summed E-state index contributed by atoms with van der Waals surface area (Å²) < 4.78 is 2.15. The molecule has 0 aliphatic carbocycles. The van der Waals surface area contributed by atoms with E-state index in [2.05, 4.69) is 42.8 Å². The van der Waals surface area contributed by atoms with Crippen LogP contribution in [0.25, 0.3) is 0 Å². The first-order valence-corrected chi connectivity index (χ1v) is 5.77. The summed E-state index contributed by atoms with van der Waals surface area (Å²) in [5, 5.41) is 7.79. The minimum absolute atomic E-state index is 0.699. The van der Waals surface area contributed by atoms with Crippen LogP contribution in [0.5, 0.6) is 0 Å². The molecule has 1 N–H and O–H groups in total. The third-order valence-electron chi connectivity index (χ3n) is 3.07. The number of aryl methyl sites for hydroxylation is 1. The van der Waals surface area contributed by atoms with Crippen LogP contribution in [0, 0.1) is 19.8 Å². The molecule has 0 amide bonds. The highest BCUT2D eigenvalue weighted by Gasteiger charge is 2.11. The SMILES string of the molecule is CCC(C)Cn1nc(C)c(CNC)c1C. The Bertz CT molecular complexity index is 315. The Labute approximate surface area is 92.9 Å². The largest absolute Gasteiger partial charge is 0.316 e. The van der Waals surface area contributed by atoms with Crippen molar-refractivity contribution in [1.82, 2.24) is 15.1 Å². The summed E-state index contributed by atoms with van der Waals surface area (Å²) in [5.41, 5.74) is 3.81. The van der Waals surface area contributed by atoms with Crippen molar-refractivity contribution in [3.63, 3.8) is 0 Å². The fraction of sp³-hybridized carbons (Fsp3) is 0.750. The van der Waals surface area contributed by atoms with Crippen molar-refractivity contribution in [2.24, 2.45) is 5.92 Å². The molecule has 3 heteroatoms. The average molecular weight is 209 g/mol. The second-order valence-electron chi connectivity index (χ2n) is 4.38. The molecule has 0 aliphatic rings. The Kier molecular flexibility index (Phi) is 4.33. The Hall–Kier alpha value is -0.830. The van der Waals surface area contributed by atoms with Crippen molar-refractivity contribution in [3.8, 4) is 0 Å². The van der Waals surface area contributed by atoms with Gasteiger partial charge in [-0.15, -0.1) is 0 Å². The Morgan fingerprint density at radius 2 is 2.07 bits per heavy atom. The van der Waals surface area contributed by atoms with Gasteiger partial charge in [0.15, 0.2) is 0 Å². The molecule has 0 aromatic carbocycles. The molecule has 0 saturated heterocycles. The Morgan fingerprint density at radius 3 is 2.60 bits per heavy atom. The average Bonchev–Trinajstić information content (AvgIpc) is 2.46. The zero-order valence-corrected chi connectivity index (χ0v) is 10.6. The van der Waals surface area contributed by atoms with Gasteiger partial charge >= 0.3 is 0 Å². The fourth-order valence-corrected chi connectivity index (χ4v) is 1.77. The number of hydrogen-bond acceptors (Lipinski definition) is 2. The summed E-state index contributed by atoms with van der Waals surface area (Å²) in [6, 6.07) is 0. The van der Waals surface area contributed by atoms with E-state index < -0.39 is 0 Å². The molecule has 1 rings (SSSR count). The Morgan fingerprint density at radius 1 is 1.40 bits per heavy atom. The molecule has 0 spiro atoms. The first kappa shape index (κ1) is 12.2. The molecule has 86 valence electrons. The quantitative estimate of drug-likeness (QED) is 0.806. The van der Waals surface area contributed by atoms with Gasteiger partial charge in [0.2, 0.25) is 0 Å². The molecule has 15 heavy (non-hydrogen) atoms. The number of rotatable bonds is 5. The van der Waals surface area contributed by atoms with Gasteiger partial charge in [0.05, 0.1) is 5.69 Å². The zero-order chi connectivity index (χ0) is 11.4. The number of nitrogens with zero attached hydrogens (tertiary/aromatic N) is 2. The van der Waals surface area contributed by atoms with Crippen LogP contribution < -0.4 is 5.32 Å². The number of aromatic nitrogens is 2. The first-order chi connectivity index (χ1) is 7.10.